The summed E-state index contributed by atoms with van der Waals surface area (Å²) in [6.07, 6.45) is 1.48. The molecule has 2 heterocycles. The van der Waals surface area contributed by atoms with Gasteiger partial charge in [-0.05, 0) is 25.0 Å². The van der Waals surface area contributed by atoms with Gasteiger partial charge in [0.15, 0.2) is 5.13 Å². The number of likely N-dealkylation sites (tertiary alicyclic amines) is 1. The van der Waals surface area contributed by atoms with E-state index in [1.807, 2.05) is 30.3 Å². The Balaban J connectivity index is 1.64. The number of aromatic nitrogens is 1. The summed E-state index contributed by atoms with van der Waals surface area (Å²) in [5.41, 5.74) is 1.28. The lowest BCUT2D eigenvalue weighted by Gasteiger charge is -2.23. The molecule has 0 radical (unpaired) electrons. The molecular weight excluding hydrogens is 352 g/mol. The third-order valence-corrected chi connectivity index (χ3v) is 4.93. The van der Waals surface area contributed by atoms with Crippen LogP contribution in [0.25, 0.3) is 0 Å². The predicted octanol–water partition coefficient (Wildman–Crippen LogP) is 2.25. The first-order valence-electron chi connectivity index (χ1n) is 8.54. The highest BCUT2D eigenvalue weighted by Crippen LogP contribution is 2.24. The summed E-state index contributed by atoms with van der Waals surface area (Å²) in [5, 5.41) is 8.37. The van der Waals surface area contributed by atoms with Crippen LogP contribution in [0.5, 0.6) is 0 Å². The number of amides is 2. The maximum atomic E-state index is 12.8. The quantitative estimate of drug-likeness (QED) is 0.727. The monoisotopic (exact) mass is 374 g/mol. The number of nitrogens with one attached hydrogen (secondary N) is 2. The lowest BCUT2D eigenvalue weighted by atomic mass is 10.2. The fourth-order valence-electron chi connectivity index (χ4n) is 2.90. The van der Waals surface area contributed by atoms with Crippen LogP contribution in [0.2, 0.25) is 0 Å². The summed E-state index contributed by atoms with van der Waals surface area (Å²) < 4.78 is 4.94. The van der Waals surface area contributed by atoms with E-state index in [2.05, 4.69) is 15.6 Å². The number of anilines is 2. The SMILES string of the molecule is COCCNC(=O)C1CCCN1C(=O)c1csc(Nc2ccccc2)n1. The number of hydrogen-bond acceptors (Lipinski definition) is 6. The van der Waals surface area contributed by atoms with Crippen molar-refractivity contribution in [3.05, 3.63) is 41.4 Å². The molecular formula is C18H22N4O3S. The van der Waals surface area contributed by atoms with Crippen molar-refractivity contribution in [1.82, 2.24) is 15.2 Å². The van der Waals surface area contributed by atoms with Crippen molar-refractivity contribution in [2.45, 2.75) is 18.9 Å². The minimum Gasteiger partial charge on any atom is -0.383 e. The number of carbonyl (C=O) groups excluding carboxylic acids is 2. The van der Waals surface area contributed by atoms with Gasteiger partial charge in [0.2, 0.25) is 5.91 Å². The van der Waals surface area contributed by atoms with Gasteiger partial charge in [-0.1, -0.05) is 18.2 Å². The minimum absolute atomic E-state index is 0.134. The minimum atomic E-state index is -0.438. The number of para-hydroxylation sites is 1. The van der Waals surface area contributed by atoms with E-state index in [1.54, 1.807) is 17.4 Å². The zero-order valence-electron chi connectivity index (χ0n) is 14.6. The normalized spacial score (nSPS) is 16.5. The Morgan fingerprint density at radius 2 is 2.15 bits per heavy atom. The van der Waals surface area contributed by atoms with Crippen LogP contribution in [0.15, 0.2) is 35.7 Å². The van der Waals surface area contributed by atoms with Gasteiger partial charge in [0.25, 0.3) is 5.91 Å². The van der Waals surface area contributed by atoms with Crippen LogP contribution in [-0.4, -0.2) is 54.5 Å². The number of benzene rings is 1. The van der Waals surface area contributed by atoms with Gasteiger partial charge in [-0.15, -0.1) is 11.3 Å². The number of methoxy groups -OCH3 is 1. The van der Waals surface area contributed by atoms with Crippen LogP contribution in [-0.2, 0) is 9.53 Å². The lowest BCUT2D eigenvalue weighted by Crippen LogP contribution is -2.46. The second kappa shape index (κ2) is 8.77. The molecule has 1 saturated heterocycles. The van der Waals surface area contributed by atoms with Crippen molar-refractivity contribution in [3.63, 3.8) is 0 Å². The van der Waals surface area contributed by atoms with Gasteiger partial charge >= 0.3 is 0 Å². The van der Waals surface area contributed by atoms with Crippen molar-refractivity contribution in [2.75, 3.05) is 32.1 Å². The van der Waals surface area contributed by atoms with Crippen molar-refractivity contribution in [1.29, 1.82) is 0 Å². The van der Waals surface area contributed by atoms with Crippen LogP contribution in [0.4, 0.5) is 10.8 Å². The van der Waals surface area contributed by atoms with Gasteiger partial charge in [-0.3, -0.25) is 9.59 Å². The van der Waals surface area contributed by atoms with E-state index in [-0.39, 0.29) is 11.8 Å². The molecule has 2 N–H and O–H groups in total. The summed E-state index contributed by atoms with van der Waals surface area (Å²) in [6.45, 7) is 1.46. The van der Waals surface area contributed by atoms with Crippen molar-refractivity contribution >= 4 is 34.0 Å². The Bertz CT molecular complexity index is 750. The van der Waals surface area contributed by atoms with Gasteiger partial charge in [0.1, 0.15) is 11.7 Å². The molecule has 1 aliphatic heterocycles. The molecule has 138 valence electrons. The fraction of sp³-hybridized carbons (Fsp3) is 0.389. The summed E-state index contributed by atoms with van der Waals surface area (Å²) in [7, 11) is 1.58. The highest BCUT2D eigenvalue weighted by atomic mass is 32.1. The predicted molar refractivity (Wildman–Crippen MR) is 101 cm³/mol. The summed E-state index contributed by atoms with van der Waals surface area (Å²) in [5.74, 6) is -0.336. The van der Waals surface area contributed by atoms with Crippen LogP contribution in [0.3, 0.4) is 0 Å². The lowest BCUT2D eigenvalue weighted by molar-refractivity contribution is -0.125. The average Bonchev–Trinajstić information content (AvgIpc) is 3.32. The molecule has 0 saturated carbocycles. The number of thiazole rings is 1. The molecule has 26 heavy (non-hydrogen) atoms. The van der Waals surface area contributed by atoms with Gasteiger partial charge in [-0.25, -0.2) is 4.98 Å². The zero-order valence-corrected chi connectivity index (χ0v) is 15.4. The van der Waals surface area contributed by atoms with Crippen molar-refractivity contribution in [3.8, 4) is 0 Å². The van der Waals surface area contributed by atoms with Crippen molar-refractivity contribution in [2.24, 2.45) is 0 Å². The number of rotatable bonds is 7. The third-order valence-electron chi connectivity index (χ3n) is 4.17. The van der Waals surface area contributed by atoms with E-state index in [9.17, 15) is 9.59 Å². The molecule has 1 aromatic carbocycles. The highest BCUT2D eigenvalue weighted by molar-refractivity contribution is 7.14. The molecule has 0 bridgehead atoms. The molecule has 1 aromatic heterocycles. The van der Waals surface area contributed by atoms with E-state index in [0.717, 1.165) is 12.1 Å². The molecule has 1 unspecified atom stereocenters. The Morgan fingerprint density at radius 1 is 1.35 bits per heavy atom. The molecule has 1 fully saturated rings. The maximum absolute atomic E-state index is 12.8. The molecule has 1 atom stereocenters. The summed E-state index contributed by atoms with van der Waals surface area (Å²) >= 11 is 1.37. The highest BCUT2D eigenvalue weighted by Gasteiger charge is 2.35. The van der Waals surface area contributed by atoms with Gasteiger partial charge in [-0.2, -0.15) is 0 Å². The Morgan fingerprint density at radius 3 is 2.92 bits per heavy atom. The second-order valence-electron chi connectivity index (χ2n) is 5.97. The molecule has 3 rings (SSSR count). The van der Waals surface area contributed by atoms with E-state index in [0.29, 0.717) is 36.9 Å². The van der Waals surface area contributed by atoms with Crippen LogP contribution in [0, 0.1) is 0 Å². The summed E-state index contributed by atoms with van der Waals surface area (Å²) in [6, 6.07) is 9.23. The molecule has 2 aromatic rings. The topological polar surface area (TPSA) is 83.6 Å². The average molecular weight is 374 g/mol. The van der Waals surface area contributed by atoms with Crippen molar-refractivity contribution < 1.29 is 14.3 Å². The van der Waals surface area contributed by atoms with Gasteiger partial charge in [0.05, 0.1) is 6.61 Å². The first-order valence-corrected chi connectivity index (χ1v) is 9.42. The van der Waals surface area contributed by atoms with Crippen LogP contribution in [0.1, 0.15) is 23.3 Å². The third kappa shape index (κ3) is 4.39. The Kier molecular flexibility index (Phi) is 6.19. The maximum Gasteiger partial charge on any atom is 0.274 e. The van der Waals surface area contributed by atoms with E-state index >= 15 is 0 Å². The molecule has 1 aliphatic rings. The van der Waals surface area contributed by atoms with Crippen LogP contribution < -0.4 is 10.6 Å². The number of nitrogens with zero attached hydrogens (tertiary/aromatic N) is 2. The molecule has 0 spiro atoms. The van der Waals surface area contributed by atoms with Gasteiger partial charge < -0.3 is 20.3 Å². The second-order valence-corrected chi connectivity index (χ2v) is 6.83. The van der Waals surface area contributed by atoms with Crippen LogP contribution >= 0.6 is 11.3 Å². The molecule has 2 amide bonds. The van der Waals surface area contributed by atoms with Gasteiger partial charge in [0, 0.05) is 31.3 Å². The smallest absolute Gasteiger partial charge is 0.274 e. The number of hydrogen-bond donors (Lipinski definition) is 2. The Labute approximate surface area is 156 Å². The number of carbonyl (C=O) groups is 2. The van der Waals surface area contributed by atoms with E-state index in [4.69, 9.17) is 4.74 Å². The molecule has 7 nitrogen and oxygen atoms in total. The standard InChI is InChI=1S/C18H22N4O3S/c1-25-11-9-19-16(23)15-8-5-10-22(15)17(24)14-12-26-18(21-14)20-13-6-3-2-4-7-13/h2-4,6-7,12,15H,5,8-11H2,1H3,(H,19,23)(H,20,21). The molecule has 8 heteroatoms. The first-order chi connectivity index (χ1) is 12.7. The Hall–Kier alpha value is -2.45. The molecule has 0 aliphatic carbocycles. The van der Waals surface area contributed by atoms with E-state index in [1.165, 1.54) is 11.3 Å². The number of ether oxygens (including phenoxy) is 1. The van der Waals surface area contributed by atoms with E-state index < -0.39 is 6.04 Å². The zero-order chi connectivity index (χ0) is 18.4. The largest absolute Gasteiger partial charge is 0.383 e. The summed E-state index contributed by atoms with van der Waals surface area (Å²) in [4.78, 5) is 31.1. The fourth-order valence-corrected chi connectivity index (χ4v) is 3.60. The first kappa shape index (κ1) is 18.3.